The fourth-order valence-corrected chi connectivity index (χ4v) is 2.60. The Labute approximate surface area is 153 Å². The summed E-state index contributed by atoms with van der Waals surface area (Å²) in [5.41, 5.74) is 0.835. The van der Waals surface area contributed by atoms with Gasteiger partial charge in [-0.25, -0.2) is 0 Å². The first kappa shape index (κ1) is 19.3. The van der Waals surface area contributed by atoms with Crippen molar-refractivity contribution in [1.82, 2.24) is 0 Å². The number of hydrogen-bond donors (Lipinski definition) is 1. The molecule has 0 saturated carbocycles. The molecule has 0 aliphatic carbocycles. The van der Waals surface area contributed by atoms with Crippen molar-refractivity contribution < 1.29 is 19.4 Å². The average molecular weight is 363 g/mol. The minimum absolute atomic E-state index is 0.163. The molecule has 1 atom stereocenters. The van der Waals surface area contributed by atoms with Crippen molar-refractivity contribution >= 4 is 17.6 Å². The summed E-state index contributed by atoms with van der Waals surface area (Å²) >= 11 is 5.87. The van der Waals surface area contributed by atoms with E-state index in [9.17, 15) is 9.90 Å². The van der Waals surface area contributed by atoms with Gasteiger partial charge in [-0.3, -0.25) is 4.79 Å². The van der Waals surface area contributed by atoms with Crippen LogP contribution in [0, 0.1) is 0 Å². The van der Waals surface area contributed by atoms with Gasteiger partial charge in [-0.1, -0.05) is 35.9 Å². The maximum atomic E-state index is 11.6. The minimum Gasteiger partial charge on any atom is -0.487 e. The van der Waals surface area contributed by atoms with Crippen molar-refractivity contribution in [1.29, 1.82) is 0 Å². The fourth-order valence-electron chi connectivity index (χ4n) is 2.47. The number of ether oxygens (including phenoxy) is 2. The summed E-state index contributed by atoms with van der Waals surface area (Å²) in [5, 5.41) is 11.1. The molecule has 0 spiro atoms. The summed E-state index contributed by atoms with van der Waals surface area (Å²) in [5.74, 6) is 0.337. The molecule has 2 rings (SSSR count). The maximum absolute atomic E-state index is 11.6. The minimum atomic E-state index is -0.737. The topological polar surface area (TPSA) is 55.8 Å². The van der Waals surface area contributed by atoms with Crippen LogP contribution in [-0.4, -0.2) is 23.3 Å². The molecule has 0 amide bonds. The molecule has 1 unspecified atom stereocenters. The second kappa shape index (κ2) is 8.37. The molecule has 1 N–H and O–H groups in total. The zero-order valence-electron chi connectivity index (χ0n) is 14.7. The van der Waals surface area contributed by atoms with Crippen LogP contribution in [0.15, 0.2) is 48.5 Å². The largest absolute Gasteiger partial charge is 0.487 e. The molecular weight excluding hydrogens is 340 g/mol. The molecule has 0 radical (unpaired) electrons. The van der Waals surface area contributed by atoms with Crippen LogP contribution >= 0.6 is 11.6 Å². The molecule has 0 heterocycles. The third-order valence-corrected chi connectivity index (χ3v) is 3.90. The summed E-state index contributed by atoms with van der Waals surface area (Å²) in [4.78, 5) is 11.6. The van der Waals surface area contributed by atoms with Crippen LogP contribution in [0.2, 0.25) is 5.02 Å². The van der Waals surface area contributed by atoms with E-state index in [2.05, 4.69) is 0 Å². The maximum Gasteiger partial charge on any atom is 0.309 e. The number of carbonyl (C=O) groups excluding carboxylic acids is 1. The van der Waals surface area contributed by atoms with E-state index in [-0.39, 0.29) is 12.4 Å². The highest BCUT2D eigenvalue weighted by Gasteiger charge is 2.25. The van der Waals surface area contributed by atoms with Gasteiger partial charge in [0, 0.05) is 5.02 Å². The second-order valence-corrected chi connectivity index (χ2v) is 6.80. The first-order chi connectivity index (χ1) is 11.8. The lowest BCUT2D eigenvalue weighted by Crippen LogP contribution is -2.32. The summed E-state index contributed by atoms with van der Waals surface area (Å²) in [6.45, 7) is 5.80. The highest BCUT2D eigenvalue weighted by atomic mass is 35.5. The molecule has 0 aliphatic heterocycles. The summed E-state index contributed by atoms with van der Waals surface area (Å²) < 4.78 is 10.8. The number of hydrogen-bond acceptors (Lipinski definition) is 4. The molecule has 5 heteroatoms. The van der Waals surface area contributed by atoms with Crippen molar-refractivity contribution in [2.24, 2.45) is 0 Å². The van der Waals surface area contributed by atoms with E-state index in [1.807, 2.05) is 13.8 Å². The van der Waals surface area contributed by atoms with Gasteiger partial charge in [-0.15, -0.1) is 0 Å². The molecule has 2 aromatic carbocycles. The van der Waals surface area contributed by atoms with Gasteiger partial charge in [-0.2, -0.15) is 0 Å². The Bertz CT molecular complexity index is 693. The lowest BCUT2D eigenvalue weighted by atomic mass is 10.0. The summed E-state index contributed by atoms with van der Waals surface area (Å²) in [6.07, 6.45) is -0.574. The van der Waals surface area contributed by atoms with E-state index in [1.54, 1.807) is 55.5 Å². The molecule has 0 saturated heterocycles. The monoisotopic (exact) mass is 362 g/mol. The van der Waals surface area contributed by atoms with Gasteiger partial charge in [0.15, 0.2) is 0 Å². The third-order valence-electron chi connectivity index (χ3n) is 3.65. The van der Waals surface area contributed by atoms with Crippen LogP contribution in [0.1, 0.15) is 44.4 Å². The molecule has 0 fully saturated rings. The average Bonchev–Trinajstić information content (AvgIpc) is 2.55. The van der Waals surface area contributed by atoms with Crippen LogP contribution in [-0.2, 0) is 9.53 Å². The standard InChI is InChI=1S/C20H23ClO4/c1-4-24-18(22)13-20(2,3)25-17-11-7-15(8-12-17)19(23)14-5-9-16(21)10-6-14/h5-12,19,23H,4,13H2,1-3H3. The van der Waals surface area contributed by atoms with Crippen LogP contribution in [0.4, 0.5) is 0 Å². The Balaban J connectivity index is 2.03. The fraction of sp³-hybridized carbons (Fsp3) is 0.350. The molecule has 2 aromatic rings. The number of carbonyl (C=O) groups is 1. The van der Waals surface area contributed by atoms with Gasteiger partial charge in [0.2, 0.25) is 0 Å². The first-order valence-electron chi connectivity index (χ1n) is 8.19. The van der Waals surface area contributed by atoms with Crippen LogP contribution < -0.4 is 4.74 Å². The van der Waals surface area contributed by atoms with Crippen molar-refractivity contribution in [3.05, 3.63) is 64.7 Å². The van der Waals surface area contributed by atoms with E-state index < -0.39 is 11.7 Å². The molecule has 0 aliphatic rings. The second-order valence-electron chi connectivity index (χ2n) is 6.37. The van der Waals surface area contributed by atoms with Gasteiger partial charge in [0.25, 0.3) is 0 Å². The number of benzene rings is 2. The van der Waals surface area contributed by atoms with E-state index in [1.165, 1.54) is 0 Å². The van der Waals surface area contributed by atoms with Gasteiger partial charge < -0.3 is 14.6 Å². The Morgan fingerprint density at radius 2 is 1.60 bits per heavy atom. The van der Waals surface area contributed by atoms with Gasteiger partial charge in [-0.05, 0) is 56.2 Å². The zero-order valence-corrected chi connectivity index (χ0v) is 15.4. The van der Waals surface area contributed by atoms with Gasteiger partial charge in [0.1, 0.15) is 17.5 Å². The number of rotatable bonds is 7. The van der Waals surface area contributed by atoms with Crippen LogP contribution in [0.5, 0.6) is 5.75 Å². The van der Waals surface area contributed by atoms with E-state index in [0.717, 1.165) is 11.1 Å². The summed E-state index contributed by atoms with van der Waals surface area (Å²) in [7, 11) is 0. The van der Waals surface area contributed by atoms with Gasteiger partial charge >= 0.3 is 5.97 Å². The third kappa shape index (κ3) is 5.76. The highest BCUT2D eigenvalue weighted by molar-refractivity contribution is 6.30. The van der Waals surface area contributed by atoms with Crippen molar-refractivity contribution in [2.45, 2.75) is 38.9 Å². The quantitative estimate of drug-likeness (QED) is 0.735. The molecule has 0 aromatic heterocycles. The lowest BCUT2D eigenvalue weighted by Gasteiger charge is -2.25. The normalized spacial score (nSPS) is 12.5. The van der Waals surface area contributed by atoms with Gasteiger partial charge in [0.05, 0.1) is 13.0 Å². The van der Waals surface area contributed by atoms with E-state index in [0.29, 0.717) is 17.4 Å². The predicted octanol–water partition coefficient (Wildman–Crippen LogP) is 4.53. The Kier molecular flexibility index (Phi) is 6.45. The lowest BCUT2D eigenvalue weighted by molar-refractivity contribution is -0.146. The van der Waals surface area contributed by atoms with E-state index >= 15 is 0 Å². The van der Waals surface area contributed by atoms with Crippen molar-refractivity contribution in [2.75, 3.05) is 6.61 Å². The summed E-state index contributed by atoms with van der Waals surface area (Å²) in [6, 6.07) is 14.2. The molecule has 4 nitrogen and oxygen atoms in total. The van der Waals surface area contributed by atoms with Crippen molar-refractivity contribution in [3.63, 3.8) is 0 Å². The first-order valence-corrected chi connectivity index (χ1v) is 8.56. The zero-order chi connectivity index (χ0) is 18.4. The van der Waals surface area contributed by atoms with E-state index in [4.69, 9.17) is 21.1 Å². The van der Waals surface area contributed by atoms with Crippen molar-refractivity contribution in [3.8, 4) is 5.75 Å². The number of aliphatic hydroxyl groups excluding tert-OH is 1. The molecule has 134 valence electrons. The Hall–Kier alpha value is -2.04. The van der Waals surface area contributed by atoms with Crippen LogP contribution in [0.25, 0.3) is 0 Å². The Morgan fingerprint density at radius 1 is 1.08 bits per heavy atom. The Morgan fingerprint density at radius 3 is 2.12 bits per heavy atom. The number of esters is 1. The molecular formula is C20H23ClO4. The SMILES string of the molecule is CCOC(=O)CC(C)(C)Oc1ccc(C(O)c2ccc(Cl)cc2)cc1. The number of halogens is 1. The number of aliphatic hydroxyl groups is 1. The molecule has 0 bridgehead atoms. The predicted molar refractivity (Wildman–Crippen MR) is 97.9 cm³/mol. The molecule has 25 heavy (non-hydrogen) atoms. The smallest absolute Gasteiger partial charge is 0.309 e. The highest BCUT2D eigenvalue weighted by Crippen LogP contribution is 2.27. The van der Waals surface area contributed by atoms with Crippen LogP contribution in [0.3, 0.4) is 0 Å².